The molecule has 1 saturated heterocycles. The molecular weight excluding hydrogens is 326 g/mol. The molecule has 1 aromatic heterocycles. The Labute approximate surface area is 145 Å². The van der Waals surface area contributed by atoms with E-state index in [1.807, 2.05) is 42.2 Å². The molecule has 0 aliphatic carbocycles. The first-order chi connectivity index (χ1) is 11.3. The SMILES string of the molecule is CCC1CSC2=NC(c3ccccn3)C(c3ccc(Cl)cc3)N21. The lowest BCUT2D eigenvalue weighted by molar-refractivity contribution is 0.255. The summed E-state index contributed by atoms with van der Waals surface area (Å²) in [5, 5.41) is 1.93. The van der Waals surface area contributed by atoms with Gasteiger partial charge in [-0.05, 0) is 36.2 Å². The van der Waals surface area contributed by atoms with Crippen molar-refractivity contribution in [3.63, 3.8) is 0 Å². The van der Waals surface area contributed by atoms with Gasteiger partial charge in [0, 0.05) is 23.0 Å². The van der Waals surface area contributed by atoms with Gasteiger partial charge in [0.15, 0.2) is 5.17 Å². The molecule has 0 spiro atoms. The number of amidine groups is 1. The van der Waals surface area contributed by atoms with Crippen molar-refractivity contribution in [3.05, 3.63) is 64.9 Å². The van der Waals surface area contributed by atoms with Crippen molar-refractivity contribution in [1.29, 1.82) is 0 Å². The predicted molar refractivity (Wildman–Crippen MR) is 97.0 cm³/mol. The molecule has 3 heterocycles. The second-order valence-corrected chi connectivity index (χ2v) is 7.31. The van der Waals surface area contributed by atoms with Crippen LogP contribution >= 0.6 is 23.4 Å². The highest BCUT2D eigenvalue weighted by molar-refractivity contribution is 8.14. The van der Waals surface area contributed by atoms with Gasteiger partial charge in [-0.1, -0.05) is 48.5 Å². The predicted octanol–water partition coefficient (Wildman–Crippen LogP) is 4.71. The molecule has 1 fully saturated rings. The van der Waals surface area contributed by atoms with Crippen LogP contribution in [0.15, 0.2) is 53.7 Å². The van der Waals surface area contributed by atoms with Crippen LogP contribution in [0.5, 0.6) is 0 Å². The summed E-state index contributed by atoms with van der Waals surface area (Å²) in [4.78, 5) is 12.1. The summed E-state index contributed by atoms with van der Waals surface area (Å²) in [5.74, 6) is 1.12. The van der Waals surface area contributed by atoms with Crippen molar-refractivity contribution in [1.82, 2.24) is 9.88 Å². The topological polar surface area (TPSA) is 28.5 Å². The van der Waals surface area contributed by atoms with Crippen LogP contribution in [-0.2, 0) is 0 Å². The van der Waals surface area contributed by atoms with Gasteiger partial charge in [0.2, 0.25) is 0 Å². The van der Waals surface area contributed by atoms with E-state index in [0.717, 1.165) is 28.1 Å². The zero-order valence-corrected chi connectivity index (χ0v) is 14.5. The number of hydrogen-bond donors (Lipinski definition) is 0. The molecule has 3 unspecified atom stereocenters. The number of nitrogens with zero attached hydrogens (tertiary/aromatic N) is 3. The molecule has 2 aliphatic heterocycles. The van der Waals surface area contributed by atoms with Crippen LogP contribution in [0.1, 0.15) is 36.7 Å². The molecule has 118 valence electrons. The second-order valence-electron chi connectivity index (χ2n) is 5.89. The summed E-state index contributed by atoms with van der Waals surface area (Å²) < 4.78 is 0. The first kappa shape index (κ1) is 15.0. The highest BCUT2D eigenvalue weighted by Crippen LogP contribution is 2.48. The van der Waals surface area contributed by atoms with Crippen LogP contribution in [0.2, 0.25) is 5.02 Å². The third-order valence-corrected chi connectivity index (χ3v) is 5.92. The van der Waals surface area contributed by atoms with Crippen molar-refractivity contribution >= 4 is 28.5 Å². The smallest absolute Gasteiger partial charge is 0.160 e. The molecule has 0 N–H and O–H groups in total. The van der Waals surface area contributed by atoms with E-state index >= 15 is 0 Å². The van der Waals surface area contributed by atoms with Crippen molar-refractivity contribution in [2.45, 2.75) is 31.5 Å². The molecule has 5 heteroatoms. The highest BCUT2D eigenvalue weighted by Gasteiger charge is 2.45. The molecule has 3 nitrogen and oxygen atoms in total. The molecule has 2 aromatic rings. The maximum absolute atomic E-state index is 6.08. The number of benzene rings is 1. The molecule has 0 amide bonds. The van der Waals surface area contributed by atoms with Crippen LogP contribution in [-0.4, -0.2) is 26.8 Å². The number of rotatable bonds is 3. The lowest BCUT2D eigenvalue weighted by atomic mass is 9.95. The van der Waals surface area contributed by atoms with Crippen LogP contribution < -0.4 is 0 Å². The average Bonchev–Trinajstić information content (AvgIpc) is 3.15. The Bertz CT molecular complexity index is 717. The van der Waals surface area contributed by atoms with Gasteiger partial charge in [-0.25, -0.2) is 0 Å². The van der Waals surface area contributed by atoms with Gasteiger partial charge in [-0.15, -0.1) is 0 Å². The minimum atomic E-state index is 0.0502. The Morgan fingerprint density at radius 3 is 2.74 bits per heavy atom. The van der Waals surface area contributed by atoms with Gasteiger partial charge in [0.05, 0.1) is 11.7 Å². The van der Waals surface area contributed by atoms with Crippen LogP contribution in [0.25, 0.3) is 0 Å². The Kier molecular flexibility index (Phi) is 4.04. The average molecular weight is 344 g/mol. The largest absolute Gasteiger partial charge is 0.338 e. The lowest BCUT2D eigenvalue weighted by Crippen LogP contribution is -2.35. The number of aliphatic imine (C=N–C) groups is 1. The molecule has 4 rings (SSSR count). The summed E-state index contributed by atoms with van der Waals surface area (Å²) in [6.07, 6.45) is 2.98. The fraction of sp³-hybridized carbons (Fsp3) is 0.333. The Morgan fingerprint density at radius 2 is 2.04 bits per heavy atom. The van der Waals surface area contributed by atoms with Gasteiger partial charge in [-0.2, -0.15) is 0 Å². The number of hydrogen-bond acceptors (Lipinski definition) is 4. The van der Waals surface area contributed by atoms with Crippen molar-refractivity contribution in [2.75, 3.05) is 5.75 Å². The van der Waals surface area contributed by atoms with E-state index in [2.05, 4.69) is 35.0 Å². The number of halogens is 1. The Morgan fingerprint density at radius 1 is 1.22 bits per heavy atom. The highest BCUT2D eigenvalue weighted by atomic mass is 35.5. The number of thioether (sulfide) groups is 1. The summed E-state index contributed by atoms with van der Waals surface area (Å²) in [6.45, 7) is 2.25. The van der Waals surface area contributed by atoms with E-state index in [1.54, 1.807) is 0 Å². The number of aromatic nitrogens is 1. The van der Waals surface area contributed by atoms with Crippen molar-refractivity contribution < 1.29 is 0 Å². The quantitative estimate of drug-likeness (QED) is 0.807. The summed E-state index contributed by atoms with van der Waals surface area (Å²) in [6, 6.07) is 15.0. The van der Waals surface area contributed by atoms with Gasteiger partial charge in [0.25, 0.3) is 0 Å². The number of fused-ring (bicyclic) bond motifs is 1. The van der Waals surface area contributed by atoms with Crippen LogP contribution in [0.4, 0.5) is 0 Å². The monoisotopic (exact) mass is 343 g/mol. The second kappa shape index (κ2) is 6.17. The Hall–Kier alpha value is -1.52. The lowest BCUT2D eigenvalue weighted by Gasteiger charge is -2.31. The summed E-state index contributed by atoms with van der Waals surface area (Å²) >= 11 is 7.95. The van der Waals surface area contributed by atoms with Gasteiger partial charge in [-0.3, -0.25) is 9.98 Å². The Balaban J connectivity index is 1.78. The molecule has 23 heavy (non-hydrogen) atoms. The fourth-order valence-electron chi connectivity index (χ4n) is 3.37. The van der Waals surface area contributed by atoms with Crippen molar-refractivity contribution in [3.8, 4) is 0 Å². The molecular formula is C18H18ClN3S. The molecule has 0 radical (unpaired) electrons. The maximum atomic E-state index is 6.08. The van der Waals surface area contributed by atoms with E-state index in [4.69, 9.17) is 16.6 Å². The summed E-state index contributed by atoms with van der Waals surface area (Å²) in [7, 11) is 0. The minimum Gasteiger partial charge on any atom is -0.338 e. The van der Waals surface area contributed by atoms with Crippen LogP contribution in [0, 0.1) is 0 Å². The van der Waals surface area contributed by atoms with E-state index in [0.29, 0.717) is 6.04 Å². The molecule has 1 aromatic carbocycles. The number of pyridine rings is 1. The van der Waals surface area contributed by atoms with Crippen molar-refractivity contribution in [2.24, 2.45) is 4.99 Å². The first-order valence-electron chi connectivity index (χ1n) is 7.93. The van der Waals surface area contributed by atoms with Gasteiger partial charge < -0.3 is 4.90 Å². The standard InChI is InChI=1S/C18H18ClN3S/c1-2-14-11-23-18-21-16(15-5-3-4-10-20-15)17(22(14)18)12-6-8-13(19)9-7-12/h3-10,14,16-17H,2,11H2,1H3. The van der Waals surface area contributed by atoms with Crippen LogP contribution in [0.3, 0.4) is 0 Å². The molecule has 0 saturated carbocycles. The molecule has 0 bridgehead atoms. The minimum absolute atomic E-state index is 0.0502. The zero-order valence-electron chi connectivity index (χ0n) is 12.9. The zero-order chi connectivity index (χ0) is 15.8. The van der Waals surface area contributed by atoms with E-state index in [1.165, 1.54) is 5.56 Å². The van der Waals surface area contributed by atoms with E-state index in [9.17, 15) is 0 Å². The molecule has 3 atom stereocenters. The maximum Gasteiger partial charge on any atom is 0.160 e. The van der Waals surface area contributed by atoms with Gasteiger partial charge >= 0.3 is 0 Å². The van der Waals surface area contributed by atoms with E-state index in [-0.39, 0.29) is 12.1 Å². The first-order valence-corrected chi connectivity index (χ1v) is 9.29. The molecule has 2 aliphatic rings. The fourth-order valence-corrected chi connectivity index (χ4v) is 4.83. The third kappa shape index (κ3) is 2.64. The summed E-state index contributed by atoms with van der Waals surface area (Å²) in [5.41, 5.74) is 2.29. The normalized spacial score (nSPS) is 26.3. The van der Waals surface area contributed by atoms with Gasteiger partial charge in [0.1, 0.15) is 6.04 Å². The third-order valence-electron chi connectivity index (χ3n) is 4.54. The van der Waals surface area contributed by atoms with E-state index < -0.39 is 0 Å².